The monoisotopic (exact) mass is 436 g/mol. The number of nitrogens with two attached hydrogens (primary N) is 1. The van der Waals surface area contributed by atoms with Crippen molar-refractivity contribution in [2.45, 2.75) is 26.8 Å². The zero-order valence-electron chi connectivity index (χ0n) is 17.4. The molecule has 0 aliphatic rings. The maximum absolute atomic E-state index is 13.2. The molecule has 4 aromatic heterocycles. The summed E-state index contributed by atoms with van der Waals surface area (Å²) < 4.78 is 7.35. The topological polar surface area (TPSA) is 109 Å². The molecule has 4 heterocycles. The number of methoxy groups -OCH3 is 1. The zero-order valence-corrected chi connectivity index (χ0v) is 18.1. The molecule has 0 radical (unpaired) electrons. The summed E-state index contributed by atoms with van der Waals surface area (Å²) in [6, 6.07) is 5.57. The number of anilines is 1. The molecule has 9 heteroatoms. The van der Waals surface area contributed by atoms with Gasteiger partial charge in [-0.3, -0.25) is 14.8 Å². The average Bonchev–Trinajstić information content (AvgIpc) is 2.74. The maximum atomic E-state index is 13.2. The normalized spacial score (nSPS) is 11.1. The van der Waals surface area contributed by atoms with Crippen molar-refractivity contribution in [3.8, 4) is 5.75 Å². The molecule has 4 rings (SSSR count). The molecule has 2 N–H and O–H groups in total. The van der Waals surface area contributed by atoms with E-state index in [-0.39, 0.29) is 21.9 Å². The molecule has 0 fully saturated rings. The fourth-order valence-corrected chi connectivity index (χ4v) is 3.90. The third kappa shape index (κ3) is 3.94. The Morgan fingerprint density at radius 2 is 2.00 bits per heavy atom. The molecule has 0 atom stereocenters. The van der Waals surface area contributed by atoms with Crippen molar-refractivity contribution < 1.29 is 4.74 Å². The first-order valence-corrected chi connectivity index (χ1v) is 10.0. The summed E-state index contributed by atoms with van der Waals surface area (Å²) in [5.41, 5.74) is 9.87. The van der Waals surface area contributed by atoms with Crippen LogP contribution in [0.25, 0.3) is 11.0 Å². The van der Waals surface area contributed by atoms with Crippen LogP contribution in [0.2, 0.25) is 5.15 Å². The number of pyridine rings is 3. The second kappa shape index (κ2) is 8.31. The van der Waals surface area contributed by atoms with E-state index in [4.69, 9.17) is 22.1 Å². The van der Waals surface area contributed by atoms with E-state index in [0.29, 0.717) is 24.2 Å². The Bertz CT molecular complexity index is 1340. The number of fused-ring (bicyclic) bond motifs is 1. The lowest BCUT2D eigenvalue weighted by atomic mass is 10.1. The van der Waals surface area contributed by atoms with Gasteiger partial charge >= 0.3 is 0 Å². The number of nitrogens with zero attached hydrogens (tertiary/aromatic N) is 5. The molecule has 0 saturated heterocycles. The van der Waals surface area contributed by atoms with Gasteiger partial charge in [0.25, 0.3) is 0 Å². The van der Waals surface area contributed by atoms with Gasteiger partial charge in [0.2, 0.25) is 5.95 Å². The molecule has 0 aromatic carbocycles. The summed E-state index contributed by atoms with van der Waals surface area (Å²) in [5, 5.41) is 0.247. The maximum Gasteiger partial charge on any atom is 0.223 e. The first kappa shape index (κ1) is 20.7. The van der Waals surface area contributed by atoms with Gasteiger partial charge in [-0.1, -0.05) is 17.7 Å². The number of ether oxygens (including phenoxy) is 1. The van der Waals surface area contributed by atoms with Crippen LogP contribution < -0.4 is 15.9 Å². The summed E-state index contributed by atoms with van der Waals surface area (Å²) in [7, 11) is 1.63. The van der Waals surface area contributed by atoms with Crippen LogP contribution >= 0.6 is 11.6 Å². The van der Waals surface area contributed by atoms with Gasteiger partial charge in [-0.2, -0.15) is 4.98 Å². The highest BCUT2D eigenvalue weighted by Gasteiger charge is 2.18. The van der Waals surface area contributed by atoms with Crippen molar-refractivity contribution in [3.05, 3.63) is 80.2 Å². The first-order chi connectivity index (χ1) is 14.9. The Labute approximate surface area is 183 Å². The predicted octanol–water partition coefficient (Wildman–Crippen LogP) is 3.08. The summed E-state index contributed by atoms with van der Waals surface area (Å²) >= 11 is 6.32. The Morgan fingerprint density at radius 1 is 1.19 bits per heavy atom. The lowest BCUT2D eigenvalue weighted by Crippen LogP contribution is -2.19. The molecule has 0 saturated carbocycles. The van der Waals surface area contributed by atoms with Crippen molar-refractivity contribution >= 4 is 28.6 Å². The number of nitrogen functional groups attached to an aromatic ring is 1. The van der Waals surface area contributed by atoms with Gasteiger partial charge in [-0.15, -0.1) is 0 Å². The van der Waals surface area contributed by atoms with E-state index in [1.54, 1.807) is 25.7 Å². The molecule has 0 amide bonds. The second-order valence-electron chi connectivity index (χ2n) is 7.23. The van der Waals surface area contributed by atoms with Crippen LogP contribution in [-0.2, 0) is 13.0 Å². The average molecular weight is 437 g/mol. The van der Waals surface area contributed by atoms with Gasteiger partial charge in [0.05, 0.1) is 19.3 Å². The Hall–Kier alpha value is -3.52. The molecule has 31 heavy (non-hydrogen) atoms. The minimum atomic E-state index is -0.243. The van der Waals surface area contributed by atoms with Crippen LogP contribution in [0.3, 0.4) is 0 Å². The minimum absolute atomic E-state index is 0.00528. The third-order valence-electron chi connectivity index (χ3n) is 5.13. The van der Waals surface area contributed by atoms with Crippen LogP contribution in [-0.4, -0.2) is 31.6 Å². The van der Waals surface area contributed by atoms with E-state index >= 15 is 0 Å². The SMILES string of the molecule is COc1c(C)cnc(Cn2cc(Cc3ccccn3)c(=O)c3c(Cl)nc(N)nc32)c1C. The number of halogens is 1. The molecule has 0 spiro atoms. The van der Waals surface area contributed by atoms with E-state index in [2.05, 4.69) is 19.9 Å². The molecule has 0 aliphatic heterocycles. The molecule has 0 aliphatic carbocycles. The summed E-state index contributed by atoms with van der Waals surface area (Å²) in [6.07, 6.45) is 5.56. The minimum Gasteiger partial charge on any atom is -0.496 e. The van der Waals surface area contributed by atoms with E-state index in [0.717, 1.165) is 28.3 Å². The first-order valence-electron chi connectivity index (χ1n) is 9.63. The van der Waals surface area contributed by atoms with Gasteiger partial charge in [0, 0.05) is 47.4 Å². The molecule has 158 valence electrons. The molecular weight excluding hydrogens is 416 g/mol. The van der Waals surface area contributed by atoms with Gasteiger partial charge in [-0.05, 0) is 26.0 Å². The molecule has 4 aromatic rings. The smallest absolute Gasteiger partial charge is 0.223 e. The number of hydrogen-bond acceptors (Lipinski definition) is 7. The van der Waals surface area contributed by atoms with Crippen LogP contribution in [0.1, 0.15) is 28.1 Å². The largest absolute Gasteiger partial charge is 0.496 e. The summed E-state index contributed by atoms with van der Waals surface area (Å²) in [5.74, 6) is 0.769. The van der Waals surface area contributed by atoms with Gasteiger partial charge in [0.1, 0.15) is 16.3 Å². The van der Waals surface area contributed by atoms with Crippen molar-refractivity contribution in [1.82, 2.24) is 24.5 Å². The summed E-state index contributed by atoms with van der Waals surface area (Å²) in [6.45, 7) is 4.24. The second-order valence-corrected chi connectivity index (χ2v) is 7.58. The standard InChI is InChI=1S/C22H21ClN6O2/c1-12-9-26-16(13(2)19(12)31-3)11-29-10-14(8-15-6-4-5-7-25-15)18(30)17-20(23)27-22(24)28-21(17)29/h4-7,9-10H,8,11H2,1-3H3,(H2,24,27,28). The van der Waals surface area contributed by atoms with Crippen LogP contribution in [0.4, 0.5) is 5.95 Å². The predicted molar refractivity (Wildman–Crippen MR) is 120 cm³/mol. The van der Waals surface area contributed by atoms with Crippen molar-refractivity contribution in [2.75, 3.05) is 12.8 Å². The molecular formula is C22H21ClN6O2. The molecule has 0 bridgehead atoms. The quantitative estimate of drug-likeness (QED) is 0.479. The fourth-order valence-electron chi connectivity index (χ4n) is 3.65. The highest BCUT2D eigenvalue weighted by atomic mass is 35.5. The van der Waals surface area contributed by atoms with Gasteiger partial charge in [0.15, 0.2) is 11.1 Å². The number of aryl methyl sites for hydroxylation is 1. The third-order valence-corrected chi connectivity index (χ3v) is 5.41. The molecule has 8 nitrogen and oxygen atoms in total. The van der Waals surface area contributed by atoms with Gasteiger partial charge in [-0.25, -0.2) is 4.98 Å². The van der Waals surface area contributed by atoms with Crippen molar-refractivity contribution in [1.29, 1.82) is 0 Å². The van der Waals surface area contributed by atoms with Crippen molar-refractivity contribution in [2.24, 2.45) is 0 Å². The molecule has 0 unspecified atom stereocenters. The highest BCUT2D eigenvalue weighted by molar-refractivity contribution is 6.34. The lowest BCUT2D eigenvalue weighted by Gasteiger charge is -2.16. The zero-order chi connectivity index (χ0) is 22.1. The number of hydrogen-bond donors (Lipinski definition) is 1. The van der Waals surface area contributed by atoms with E-state index in [9.17, 15) is 4.79 Å². The van der Waals surface area contributed by atoms with Gasteiger partial charge < -0.3 is 15.0 Å². The van der Waals surface area contributed by atoms with Crippen LogP contribution in [0, 0.1) is 13.8 Å². The lowest BCUT2D eigenvalue weighted by molar-refractivity contribution is 0.406. The number of aromatic nitrogens is 5. The summed E-state index contributed by atoms with van der Waals surface area (Å²) in [4.78, 5) is 30.4. The van der Waals surface area contributed by atoms with E-state index in [1.165, 1.54) is 0 Å². The van der Waals surface area contributed by atoms with E-state index in [1.807, 2.05) is 36.6 Å². The van der Waals surface area contributed by atoms with Crippen molar-refractivity contribution in [3.63, 3.8) is 0 Å². The number of rotatable bonds is 5. The van der Waals surface area contributed by atoms with E-state index < -0.39 is 0 Å². The fraction of sp³-hybridized carbons (Fsp3) is 0.227. The Kier molecular flexibility index (Phi) is 5.56. The highest BCUT2D eigenvalue weighted by Crippen LogP contribution is 2.26. The van der Waals surface area contributed by atoms with Crippen LogP contribution in [0.15, 0.2) is 41.6 Å². The Balaban J connectivity index is 1.92. The Morgan fingerprint density at radius 3 is 2.71 bits per heavy atom. The van der Waals surface area contributed by atoms with Crippen LogP contribution in [0.5, 0.6) is 5.75 Å².